The van der Waals surface area contributed by atoms with E-state index >= 15 is 0 Å². The number of para-hydroxylation sites is 3. The van der Waals surface area contributed by atoms with Gasteiger partial charge in [0.25, 0.3) is 0 Å². The van der Waals surface area contributed by atoms with Crippen molar-refractivity contribution in [2.24, 2.45) is 0 Å². The van der Waals surface area contributed by atoms with Gasteiger partial charge in [0.1, 0.15) is 17.4 Å². The zero-order valence-electron chi connectivity index (χ0n) is 20.2. The van der Waals surface area contributed by atoms with E-state index in [9.17, 15) is 9.18 Å². The van der Waals surface area contributed by atoms with Crippen molar-refractivity contribution >= 4 is 22.6 Å². The third-order valence-electron chi connectivity index (χ3n) is 6.73. The summed E-state index contributed by atoms with van der Waals surface area (Å²) in [5, 5.41) is 0. The van der Waals surface area contributed by atoms with E-state index in [2.05, 4.69) is 36.6 Å². The number of benzene rings is 3. The maximum atomic E-state index is 13.8. The Labute approximate surface area is 205 Å². The van der Waals surface area contributed by atoms with Gasteiger partial charge in [-0.2, -0.15) is 0 Å². The summed E-state index contributed by atoms with van der Waals surface area (Å²) < 4.78 is 22.1. The molecule has 5 nitrogen and oxygen atoms in total. The highest BCUT2D eigenvalue weighted by Crippen LogP contribution is 2.33. The van der Waals surface area contributed by atoms with Crippen molar-refractivity contribution in [3.05, 3.63) is 89.5 Å². The lowest BCUT2D eigenvalue weighted by Crippen LogP contribution is -2.24. The summed E-state index contributed by atoms with van der Waals surface area (Å²) in [6.07, 6.45) is 2.22. The summed E-state index contributed by atoms with van der Waals surface area (Å²) in [5.41, 5.74) is 4.92. The molecule has 0 aliphatic carbocycles. The highest BCUT2D eigenvalue weighted by atomic mass is 19.1. The SMILES string of the molecule is Cc1cccc(C)c1OCCCCn1c(C2CC(=O)N(c3cccc(F)c3)C2)nc2ccccc21. The van der Waals surface area contributed by atoms with Gasteiger partial charge in [0.15, 0.2) is 0 Å². The van der Waals surface area contributed by atoms with Crippen LogP contribution in [0.2, 0.25) is 0 Å². The zero-order valence-corrected chi connectivity index (χ0v) is 20.2. The Hall–Kier alpha value is -3.67. The van der Waals surface area contributed by atoms with Crippen LogP contribution in [0.5, 0.6) is 5.75 Å². The van der Waals surface area contributed by atoms with Crippen LogP contribution >= 0.6 is 0 Å². The number of fused-ring (bicyclic) bond motifs is 1. The molecule has 0 N–H and O–H groups in total. The molecular formula is C29H30FN3O2. The van der Waals surface area contributed by atoms with Crippen molar-refractivity contribution in [1.29, 1.82) is 0 Å². The fourth-order valence-corrected chi connectivity index (χ4v) is 4.99. The first kappa shape index (κ1) is 23.1. The number of carbonyl (C=O) groups is 1. The lowest BCUT2D eigenvalue weighted by molar-refractivity contribution is -0.117. The maximum absolute atomic E-state index is 13.8. The molecule has 1 aromatic heterocycles. The van der Waals surface area contributed by atoms with Crippen molar-refractivity contribution in [2.75, 3.05) is 18.1 Å². The highest BCUT2D eigenvalue weighted by molar-refractivity contribution is 5.96. The van der Waals surface area contributed by atoms with E-state index in [1.807, 2.05) is 24.3 Å². The molecule has 35 heavy (non-hydrogen) atoms. The highest BCUT2D eigenvalue weighted by Gasteiger charge is 2.34. The number of hydrogen-bond acceptors (Lipinski definition) is 3. The van der Waals surface area contributed by atoms with E-state index in [1.165, 1.54) is 12.1 Å². The molecular weight excluding hydrogens is 441 g/mol. The van der Waals surface area contributed by atoms with Gasteiger partial charge in [-0.15, -0.1) is 0 Å². The number of hydrogen-bond donors (Lipinski definition) is 0. The van der Waals surface area contributed by atoms with Gasteiger partial charge in [-0.3, -0.25) is 4.79 Å². The molecule has 1 atom stereocenters. The number of aryl methyl sites for hydroxylation is 3. The lowest BCUT2D eigenvalue weighted by atomic mass is 10.1. The minimum atomic E-state index is -0.339. The molecule has 0 bridgehead atoms. The van der Waals surface area contributed by atoms with Gasteiger partial charge >= 0.3 is 0 Å². The predicted octanol–water partition coefficient (Wildman–Crippen LogP) is 6.17. The van der Waals surface area contributed by atoms with E-state index < -0.39 is 0 Å². The molecule has 180 valence electrons. The molecule has 5 rings (SSSR count). The molecule has 2 heterocycles. The maximum Gasteiger partial charge on any atom is 0.227 e. The minimum absolute atomic E-state index is 0.00112. The van der Waals surface area contributed by atoms with E-state index in [4.69, 9.17) is 9.72 Å². The van der Waals surface area contributed by atoms with Crippen LogP contribution in [0.4, 0.5) is 10.1 Å². The molecule has 3 aromatic carbocycles. The van der Waals surface area contributed by atoms with Crippen LogP contribution in [0.3, 0.4) is 0 Å². The second kappa shape index (κ2) is 9.90. The first-order valence-electron chi connectivity index (χ1n) is 12.2. The van der Waals surface area contributed by atoms with Gasteiger partial charge < -0.3 is 14.2 Å². The molecule has 0 saturated carbocycles. The number of halogens is 1. The second-order valence-electron chi connectivity index (χ2n) is 9.27. The van der Waals surface area contributed by atoms with Crippen LogP contribution in [0.25, 0.3) is 11.0 Å². The number of amides is 1. The predicted molar refractivity (Wildman–Crippen MR) is 136 cm³/mol. The van der Waals surface area contributed by atoms with Crippen molar-refractivity contribution in [2.45, 2.75) is 45.6 Å². The van der Waals surface area contributed by atoms with Crippen LogP contribution in [0.1, 0.15) is 42.1 Å². The average molecular weight is 472 g/mol. The summed E-state index contributed by atoms with van der Waals surface area (Å²) in [7, 11) is 0. The molecule has 1 unspecified atom stereocenters. The third kappa shape index (κ3) is 4.78. The minimum Gasteiger partial charge on any atom is -0.493 e. The Balaban J connectivity index is 1.30. The van der Waals surface area contributed by atoms with Crippen molar-refractivity contribution in [3.63, 3.8) is 0 Å². The molecule has 0 spiro atoms. The zero-order chi connectivity index (χ0) is 24.4. The smallest absolute Gasteiger partial charge is 0.227 e. The Morgan fingerprint density at radius 2 is 1.77 bits per heavy atom. The number of ether oxygens (including phenoxy) is 1. The van der Waals surface area contributed by atoms with Crippen molar-refractivity contribution in [1.82, 2.24) is 9.55 Å². The fourth-order valence-electron chi connectivity index (χ4n) is 4.99. The number of imidazole rings is 1. The fraction of sp³-hybridized carbons (Fsp3) is 0.310. The monoisotopic (exact) mass is 471 g/mol. The van der Waals surface area contributed by atoms with E-state index in [0.29, 0.717) is 25.3 Å². The number of carbonyl (C=O) groups excluding carboxylic acids is 1. The third-order valence-corrected chi connectivity index (χ3v) is 6.73. The summed E-state index contributed by atoms with van der Waals surface area (Å²) in [4.78, 5) is 19.4. The van der Waals surface area contributed by atoms with E-state index in [0.717, 1.165) is 53.1 Å². The lowest BCUT2D eigenvalue weighted by Gasteiger charge is -2.17. The largest absolute Gasteiger partial charge is 0.493 e. The molecule has 1 amide bonds. The van der Waals surface area contributed by atoms with Crippen LogP contribution < -0.4 is 9.64 Å². The number of unbranched alkanes of at least 4 members (excludes halogenated alkanes) is 1. The standard InChI is InChI=1S/C29H30FN3O2/c1-20-9-7-10-21(2)28(20)35-16-6-5-15-32-26-14-4-3-13-25(26)31-29(32)22-17-27(34)33(19-22)24-12-8-11-23(30)18-24/h3-4,7-14,18,22H,5-6,15-17,19H2,1-2H3. The van der Waals surface area contributed by atoms with Gasteiger partial charge in [-0.25, -0.2) is 9.37 Å². The van der Waals surface area contributed by atoms with Gasteiger partial charge in [0.2, 0.25) is 5.91 Å². The molecule has 6 heteroatoms. The van der Waals surface area contributed by atoms with E-state index in [1.54, 1.807) is 17.0 Å². The molecule has 4 aromatic rings. The Bertz CT molecular complexity index is 1340. The van der Waals surface area contributed by atoms with Crippen molar-refractivity contribution < 1.29 is 13.9 Å². The van der Waals surface area contributed by atoms with Gasteiger partial charge in [-0.05, 0) is 68.1 Å². The Kier molecular flexibility index (Phi) is 6.53. The molecule has 1 fully saturated rings. The molecule has 0 radical (unpaired) electrons. The van der Waals surface area contributed by atoms with Crippen molar-refractivity contribution in [3.8, 4) is 5.75 Å². The summed E-state index contributed by atoms with van der Waals surface area (Å²) in [5.74, 6) is 1.52. The molecule has 1 aliphatic heterocycles. The number of anilines is 1. The number of aromatic nitrogens is 2. The van der Waals surface area contributed by atoms with Crippen LogP contribution in [-0.2, 0) is 11.3 Å². The summed E-state index contributed by atoms with van der Waals surface area (Å²) >= 11 is 0. The Morgan fingerprint density at radius 3 is 2.57 bits per heavy atom. The molecule has 1 aliphatic rings. The number of rotatable bonds is 8. The average Bonchev–Trinajstić information content (AvgIpc) is 3.41. The first-order valence-corrected chi connectivity index (χ1v) is 12.2. The Morgan fingerprint density at radius 1 is 1.00 bits per heavy atom. The second-order valence-corrected chi connectivity index (χ2v) is 9.27. The number of nitrogens with zero attached hydrogens (tertiary/aromatic N) is 3. The summed E-state index contributed by atoms with van der Waals surface area (Å²) in [6, 6.07) is 20.5. The van der Waals surface area contributed by atoms with Gasteiger partial charge in [0, 0.05) is 31.1 Å². The van der Waals surface area contributed by atoms with Gasteiger partial charge in [0.05, 0.1) is 17.6 Å². The summed E-state index contributed by atoms with van der Waals surface area (Å²) in [6.45, 7) is 6.10. The van der Waals surface area contributed by atoms with Crippen LogP contribution in [0, 0.1) is 19.7 Å². The van der Waals surface area contributed by atoms with Crippen LogP contribution in [-0.4, -0.2) is 28.6 Å². The van der Waals surface area contributed by atoms with Crippen LogP contribution in [0.15, 0.2) is 66.7 Å². The van der Waals surface area contributed by atoms with E-state index in [-0.39, 0.29) is 17.6 Å². The topological polar surface area (TPSA) is 47.4 Å². The normalized spacial score (nSPS) is 15.8. The van der Waals surface area contributed by atoms with Gasteiger partial charge in [-0.1, -0.05) is 36.4 Å². The first-order chi connectivity index (χ1) is 17.0. The molecule has 1 saturated heterocycles. The quantitative estimate of drug-likeness (QED) is 0.289.